The number of nitrogens with zero attached hydrogens (tertiary/aromatic N) is 2. The number of aromatic nitrogens is 2. The molecular weight excluding hydrogens is 454 g/mol. The summed E-state index contributed by atoms with van der Waals surface area (Å²) < 4.78 is 34.7. The van der Waals surface area contributed by atoms with Gasteiger partial charge in [-0.25, -0.2) is 4.79 Å². The van der Waals surface area contributed by atoms with Gasteiger partial charge in [-0.15, -0.1) is 0 Å². The molecule has 1 unspecified atom stereocenters. The average molecular weight is 479 g/mol. The summed E-state index contributed by atoms with van der Waals surface area (Å²) in [6.07, 6.45) is 3.75. The van der Waals surface area contributed by atoms with Crippen molar-refractivity contribution in [3.8, 4) is 39.9 Å². The van der Waals surface area contributed by atoms with E-state index in [0.29, 0.717) is 34.3 Å². The van der Waals surface area contributed by atoms with Gasteiger partial charge >= 0.3 is 5.97 Å². The summed E-state index contributed by atoms with van der Waals surface area (Å²) in [6, 6.07) is 3.33. The van der Waals surface area contributed by atoms with E-state index in [1.54, 1.807) is 19.4 Å². The van der Waals surface area contributed by atoms with Gasteiger partial charge in [-0.2, -0.15) is 5.10 Å². The zero-order valence-electron chi connectivity index (χ0n) is 19.8. The molecule has 3 aromatic rings. The Morgan fingerprint density at radius 2 is 1.86 bits per heavy atom. The third-order valence-electron chi connectivity index (χ3n) is 7.00. The van der Waals surface area contributed by atoms with E-state index in [1.807, 2.05) is 19.3 Å². The highest BCUT2D eigenvalue weighted by Gasteiger charge is 2.47. The van der Waals surface area contributed by atoms with Crippen LogP contribution in [0.3, 0.4) is 0 Å². The minimum absolute atomic E-state index is 0.0954. The third-order valence-corrected chi connectivity index (χ3v) is 7.00. The van der Waals surface area contributed by atoms with E-state index >= 15 is 0 Å². The van der Waals surface area contributed by atoms with Crippen molar-refractivity contribution >= 4 is 5.97 Å². The Morgan fingerprint density at radius 3 is 2.57 bits per heavy atom. The van der Waals surface area contributed by atoms with E-state index < -0.39 is 12.1 Å². The fourth-order valence-corrected chi connectivity index (χ4v) is 5.52. The minimum Gasteiger partial charge on any atom is -0.493 e. The van der Waals surface area contributed by atoms with Crippen molar-refractivity contribution in [1.29, 1.82) is 0 Å². The van der Waals surface area contributed by atoms with Gasteiger partial charge in [-0.1, -0.05) is 6.07 Å². The van der Waals surface area contributed by atoms with Gasteiger partial charge in [0.05, 0.1) is 33.6 Å². The molecule has 35 heavy (non-hydrogen) atoms. The lowest BCUT2D eigenvalue weighted by Gasteiger charge is -2.39. The van der Waals surface area contributed by atoms with Crippen LogP contribution in [0.15, 0.2) is 24.5 Å². The number of cyclic esters (lactones) is 1. The highest BCUT2D eigenvalue weighted by atomic mass is 16.7. The summed E-state index contributed by atoms with van der Waals surface area (Å²) in [6.45, 7) is 0.834. The number of H-pyrrole nitrogens is 1. The van der Waals surface area contributed by atoms with Crippen LogP contribution < -0.4 is 23.7 Å². The Labute approximate surface area is 201 Å². The molecule has 182 valence electrons. The summed E-state index contributed by atoms with van der Waals surface area (Å²) >= 11 is 0. The van der Waals surface area contributed by atoms with Crippen molar-refractivity contribution in [3.05, 3.63) is 46.8 Å². The van der Waals surface area contributed by atoms with Crippen LogP contribution in [0.4, 0.5) is 0 Å². The number of nitrogens with one attached hydrogen (secondary N) is 1. The monoisotopic (exact) mass is 479 g/mol. The van der Waals surface area contributed by atoms with Crippen molar-refractivity contribution in [2.75, 3.05) is 41.7 Å². The molecule has 0 amide bonds. The second kappa shape index (κ2) is 8.09. The maximum absolute atomic E-state index is 13.1. The lowest BCUT2D eigenvalue weighted by Crippen LogP contribution is -2.36. The van der Waals surface area contributed by atoms with Gasteiger partial charge in [0.2, 0.25) is 12.5 Å². The first kappa shape index (κ1) is 21.6. The van der Waals surface area contributed by atoms with Crippen LogP contribution in [-0.4, -0.2) is 62.8 Å². The highest BCUT2D eigenvalue weighted by molar-refractivity contribution is 5.98. The molecular formula is C25H25N3O7. The lowest BCUT2D eigenvalue weighted by atomic mass is 9.82. The summed E-state index contributed by atoms with van der Waals surface area (Å²) in [7, 11) is 6.69. The van der Waals surface area contributed by atoms with Gasteiger partial charge in [0, 0.05) is 35.0 Å². The van der Waals surface area contributed by atoms with Gasteiger partial charge in [0.1, 0.15) is 11.7 Å². The molecule has 0 saturated carbocycles. The fraction of sp³-hybridized carbons (Fsp3) is 0.360. The molecule has 1 aromatic heterocycles. The number of hydrogen-bond acceptors (Lipinski definition) is 9. The van der Waals surface area contributed by atoms with Crippen LogP contribution in [0.2, 0.25) is 0 Å². The van der Waals surface area contributed by atoms with Crippen molar-refractivity contribution in [1.82, 2.24) is 15.1 Å². The van der Waals surface area contributed by atoms with E-state index in [4.69, 9.17) is 28.4 Å². The lowest BCUT2D eigenvalue weighted by molar-refractivity contribution is 0.00877. The Bertz CT molecular complexity index is 1320. The van der Waals surface area contributed by atoms with Crippen molar-refractivity contribution in [2.45, 2.75) is 18.6 Å². The zero-order chi connectivity index (χ0) is 24.3. The molecule has 10 nitrogen and oxygen atoms in total. The molecule has 0 saturated heterocycles. The van der Waals surface area contributed by atoms with Gasteiger partial charge < -0.3 is 28.4 Å². The van der Waals surface area contributed by atoms with Crippen LogP contribution in [-0.2, 0) is 11.2 Å². The quantitative estimate of drug-likeness (QED) is 0.552. The van der Waals surface area contributed by atoms with E-state index in [2.05, 4.69) is 15.1 Å². The van der Waals surface area contributed by atoms with Crippen molar-refractivity contribution < 1.29 is 33.2 Å². The molecule has 4 heterocycles. The molecule has 0 bridgehead atoms. The topological polar surface area (TPSA) is 104 Å². The molecule has 10 heteroatoms. The molecule has 3 aliphatic rings. The smallest absolute Gasteiger partial charge is 0.343 e. The van der Waals surface area contributed by atoms with Crippen LogP contribution in [0.1, 0.15) is 39.2 Å². The predicted octanol–water partition coefficient (Wildman–Crippen LogP) is 3.27. The van der Waals surface area contributed by atoms with Crippen LogP contribution in [0.25, 0.3) is 11.1 Å². The van der Waals surface area contributed by atoms with Gasteiger partial charge in [0.15, 0.2) is 23.0 Å². The first-order valence-corrected chi connectivity index (χ1v) is 11.3. The number of rotatable bonds is 5. The molecule has 2 aromatic carbocycles. The standard InChI is InChI=1S/C25H25N3O7/c1-28-8-7-13-16(12-9-26-27-10-12)23-24(34-11-33-23)22(32-4)17(13)19(28)20-14-5-6-15(30-2)21(31-3)18(14)25(29)35-20/h5-6,9-10,19-20H,7-8,11H2,1-4H3,(H,26,27)/t19-,20?/m1/s1. The number of hydrogen-bond donors (Lipinski definition) is 1. The minimum atomic E-state index is -0.590. The number of benzene rings is 2. The number of carbonyl (C=O) groups excluding carboxylic acids is 1. The summed E-state index contributed by atoms with van der Waals surface area (Å²) in [5.74, 6) is 2.16. The molecule has 1 N–H and O–H groups in total. The molecule has 0 aliphatic carbocycles. The number of esters is 1. The largest absolute Gasteiger partial charge is 0.493 e. The van der Waals surface area contributed by atoms with Crippen molar-refractivity contribution in [2.24, 2.45) is 0 Å². The molecule has 0 radical (unpaired) electrons. The second-order valence-corrected chi connectivity index (χ2v) is 8.62. The normalized spacial score (nSPS) is 20.3. The predicted molar refractivity (Wildman–Crippen MR) is 123 cm³/mol. The molecule has 0 fully saturated rings. The highest BCUT2D eigenvalue weighted by Crippen LogP contribution is 2.58. The summed E-state index contributed by atoms with van der Waals surface area (Å²) in [5.41, 5.74) is 4.89. The van der Waals surface area contributed by atoms with Gasteiger partial charge in [-0.05, 0) is 25.1 Å². The maximum Gasteiger partial charge on any atom is 0.343 e. The first-order chi connectivity index (χ1) is 17.1. The average Bonchev–Trinajstić information content (AvgIpc) is 3.63. The van der Waals surface area contributed by atoms with Crippen molar-refractivity contribution in [3.63, 3.8) is 0 Å². The molecule has 6 rings (SSSR count). The maximum atomic E-state index is 13.1. The second-order valence-electron chi connectivity index (χ2n) is 8.62. The molecule has 2 atom stereocenters. The Kier molecular flexibility index (Phi) is 4.99. The Hall–Kier alpha value is -3.92. The Morgan fingerprint density at radius 1 is 1.06 bits per heavy atom. The summed E-state index contributed by atoms with van der Waals surface area (Å²) in [4.78, 5) is 15.3. The third kappa shape index (κ3) is 2.99. The van der Waals surface area contributed by atoms with E-state index in [0.717, 1.165) is 40.8 Å². The molecule has 3 aliphatic heterocycles. The van der Waals surface area contributed by atoms with Crippen LogP contribution >= 0.6 is 0 Å². The number of methoxy groups -OCH3 is 3. The zero-order valence-corrected chi connectivity index (χ0v) is 19.8. The van der Waals surface area contributed by atoms with E-state index in [1.165, 1.54) is 14.2 Å². The number of likely N-dealkylation sites (N-methyl/N-ethyl adjacent to an activating group) is 1. The van der Waals surface area contributed by atoms with Crippen LogP contribution in [0.5, 0.6) is 28.7 Å². The number of carbonyl (C=O) groups is 1. The van der Waals surface area contributed by atoms with Gasteiger partial charge in [0.25, 0.3) is 0 Å². The number of aromatic amines is 1. The number of fused-ring (bicyclic) bond motifs is 3. The fourth-order valence-electron chi connectivity index (χ4n) is 5.52. The summed E-state index contributed by atoms with van der Waals surface area (Å²) in [5, 5.41) is 7.03. The first-order valence-electron chi connectivity index (χ1n) is 11.3. The van der Waals surface area contributed by atoms with E-state index in [-0.39, 0.29) is 12.8 Å². The van der Waals surface area contributed by atoms with E-state index in [9.17, 15) is 4.79 Å². The number of ether oxygens (including phenoxy) is 6. The van der Waals surface area contributed by atoms with Gasteiger partial charge in [-0.3, -0.25) is 10.00 Å². The van der Waals surface area contributed by atoms with Crippen LogP contribution in [0, 0.1) is 0 Å². The SMILES string of the molecule is COc1ccc2c(c1OC)C(=O)OC2[C@H]1c2c(c(-c3cn[nH]c3)c3c(c2OC)OCO3)CCN1C. The molecule has 0 spiro atoms. The Balaban J connectivity index is 1.59.